The molecule has 1 saturated heterocycles. The van der Waals surface area contributed by atoms with E-state index in [2.05, 4.69) is 14.9 Å². The van der Waals surface area contributed by atoms with Crippen LogP contribution in [0.25, 0.3) is 11.3 Å². The van der Waals surface area contributed by atoms with Gasteiger partial charge in [-0.05, 0) is 49.6 Å². The van der Waals surface area contributed by atoms with Crippen LogP contribution in [0.3, 0.4) is 0 Å². The number of likely N-dealkylation sites (tertiary alicyclic amines) is 1. The highest BCUT2D eigenvalue weighted by atomic mass is 19.2. The molecule has 3 heterocycles. The zero-order valence-electron chi connectivity index (χ0n) is 22.1. The van der Waals surface area contributed by atoms with Gasteiger partial charge in [-0.15, -0.1) is 0 Å². The molecule has 0 saturated carbocycles. The van der Waals surface area contributed by atoms with Gasteiger partial charge in [0.1, 0.15) is 5.75 Å². The van der Waals surface area contributed by atoms with Gasteiger partial charge in [-0.25, -0.2) is 13.6 Å². The number of hydrogen-bond donors (Lipinski definition) is 1. The predicted octanol–water partition coefficient (Wildman–Crippen LogP) is 6.22. The lowest BCUT2D eigenvalue weighted by Crippen LogP contribution is -2.48. The summed E-state index contributed by atoms with van der Waals surface area (Å²) in [5, 5.41) is 7.68. The maximum Gasteiger partial charge on any atom is 0.415 e. The molecule has 2 aliphatic rings. The van der Waals surface area contributed by atoms with Crippen molar-refractivity contribution in [1.29, 1.82) is 5.41 Å². The summed E-state index contributed by atoms with van der Waals surface area (Å²) in [5.41, 5.74) is 1.28. The standard InChI is InChI=1S/C30H29F2N5O3/c1-2-19(33)16-27(38)23-9-8-22(28(31)29(23)32)24-17-25-26(18-35-24)37(15-12-34-25)20-10-13-36(14-11-20)30(39)40-21-6-4-3-5-7-21/h3-9,12,17-18,20,33H,2,10-11,13-16H2,1H3. The van der Waals surface area contributed by atoms with Crippen molar-refractivity contribution in [3.8, 4) is 17.0 Å². The maximum absolute atomic E-state index is 15.1. The van der Waals surface area contributed by atoms with Crippen molar-refractivity contribution in [2.24, 2.45) is 4.99 Å². The molecule has 8 nitrogen and oxygen atoms in total. The summed E-state index contributed by atoms with van der Waals surface area (Å²) >= 11 is 0. The Labute approximate surface area is 230 Å². The van der Waals surface area contributed by atoms with E-state index >= 15 is 4.39 Å². The maximum atomic E-state index is 15.1. The number of aromatic nitrogens is 1. The SMILES string of the molecule is CCC(=N)CC(=O)c1ccc(-c2cc3c(cn2)N(C2CCN(C(=O)Oc4ccccc4)CC2)CC=N3)c(F)c1F. The van der Waals surface area contributed by atoms with E-state index < -0.39 is 17.4 Å². The van der Waals surface area contributed by atoms with Gasteiger partial charge in [-0.1, -0.05) is 25.1 Å². The summed E-state index contributed by atoms with van der Waals surface area (Å²) in [6.45, 7) is 3.38. The third-order valence-corrected chi connectivity index (χ3v) is 7.25. The fourth-order valence-corrected chi connectivity index (χ4v) is 4.97. The Balaban J connectivity index is 1.28. The van der Waals surface area contributed by atoms with Gasteiger partial charge in [0.25, 0.3) is 0 Å². The van der Waals surface area contributed by atoms with Crippen LogP contribution in [0.4, 0.5) is 25.0 Å². The van der Waals surface area contributed by atoms with E-state index in [1.165, 1.54) is 12.1 Å². The molecule has 3 aromatic rings. The van der Waals surface area contributed by atoms with Crippen LogP contribution in [0.5, 0.6) is 5.75 Å². The van der Waals surface area contributed by atoms with Crippen LogP contribution >= 0.6 is 0 Å². The number of hydrogen-bond acceptors (Lipinski definition) is 7. The Kier molecular flexibility index (Phi) is 7.95. The summed E-state index contributed by atoms with van der Waals surface area (Å²) in [6, 6.07) is 13.3. The molecular formula is C30H29F2N5O3. The number of aliphatic imine (C=N–C) groups is 1. The zero-order valence-corrected chi connectivity index (χ0v) is 22.1. The first-order chi connectivity index (χ1) is 19.4. The van der Waals surface area contributed by atoms with E-state index in [-0.39, 0.29) is 41.1 Å². The Morgan fingerprint density at radius 3 is 2.55 bits per heavy atom. The highest BCUT2D eigenvalue weighted by Gasteiger charge is 2.30. The number of carbonyl (C=O) groups excluding carboxylic acids is 2. The smallest absolute Gasteiger partial charge is 0.410 e. The number of amides is 1. The molecule has 40 heavy (non-hydrogen) atoms. The van der Waals surface area contributed by atoms with Crippen molar-refractivity contribution in [3.05, 3.63) is 71.9 Å². The number of Topliss-reactive ketones (excluding diaryl/α,β-unsaturated/α-hetero) is 1. The van der Waals surface area contributed by atoms with Crippen LogP contribution < -0.4 is 9.64 Å². The topological polar surface area (TPSA) is 99.0 Å². The molecule has 0 spiro atoms. The van der Waals surface area contributed by atoms with Gasteiger partial charge < -0.3 is 19.9 Å². The predicted molar refractivity (Wildman–Crippen MR) is 149 cm³/mol. The van der Waals surface area contributed by atoms with E-state index in [4.69, 9.17) is 10.1 Å². The summed E-state index contributed by atoms with van der Waals surface area (Å²) in [4.78, 5) is 37.6. The number of nitrogens with one attached hydrogen (secondary N) is 1. The molecule has 2 aromatic carbocycles. The number of rotatable bonds is 7. The van der Waals surface area contributed by atoms with Gasteiger partial charge in [-0.2, -0.15) is 0 Å². The molecule has 2 aliphatic heterocycles. The molecule has 0 atom stereocenters. The van der Waals surface area contributed by atoms with Crippen molar-refractivity contribution >= 4 is 35.2 Å². The third-order valence-electron chi connectivity index (χ3n) is 7.25. The van der Waals surface area contributed by atoms with Gasteiger partial charge >= 0.3 is 6.09 Å². The molecule has 5 rings (SSSR count). The summed E-state index contributed by atoms with van der Waals surface area (Å²) in [6.07, 6.45) is 4.57. The largest absolute Gasteiger partial charge is 0.415 e. The average Bonchev–Trinajstić information content (AvgIpc) is 2.98. The lowest BCUT2D eigenvalue weighted by Gasteiger charge is -2.40. The number of ketones is 1. The Morgan fingerprint density at radius 1 is 1.07 bits per heavy atom. The molecule has 0 aliphatic carbocycles. The van der Waals surface area contributed by atoms with Gasteiger partial charge in [0.05, 0.1) is 35.4 Å². The lowest BCUT2D eigenvalue weighted by molar-refractivity contribution is 0.0995. The minimum Gasteiger partial charge on any atom is -0.410 e. The van der Waals surface area contributed by atoms with Crippen molar-refractivity contribution in [1.82, 2.24) is 9.88 Å². The van der Waals surface area contributed by atoms with E-state index in [1.54, 1.807) is 42.4 Å². The van der Waals surface area contributed by atoms with Crippen LogP contribution in [-0.4, -0.2) is 59.4 Å². The van der Waals surface area contributed by atoms with E-state index in [0.29, 0.717) is 37.5 Å². The highest BCUT2D eigenvalue weighted by Crippen LogP contribution is 2.37. The Morgan fingerprint density at radius 2 is 1.82 bits per heavy atom. The van der Waals surface area contributed by atoms with Crippen LogP contribution in [0.1, 0.15) is 43.0 Å². The number of pyridine rings is 1. The highest BCUT2D eigenvalue weighted by molar-refractivity contribution is 6.09. The Bertz CT molecular complexity index is 1470. The van der Waals surface area contributed by atoms with Crippen LogP contribution in [0.15, 0.2) is 59.7 Å². The summed E-state index contributed by atoms with van der Waals surface area (Å²) in [7, 11) is 0. The summed E-state index contributed by atoms with van der Waals surface area (Å²) in [5.74, 6) is -2.53. The second kappa shape index (κ2) is 11.7. The third kappa shape index (κ3) is 5.61. The van der Waals surface area contributed by atoms with Crippen molar-refractivity contribution < 1.29 is 23.1 Å². The number of halogens is 2. The molecule has 0 radical (unpaired) electrons. The van der Waals surface area contributed by atoms with Crippen molar-refractivity contribution in [2.45, 2.75) is 38.6 Å². The minimum atomic E-state index is -1.24. The van der Waals surface area contributed by atoms with Crippen LogP contribution in [-0.2, 0) is 0 Å². The van der Waals surface area contributed by atoms with Gasteiger partial charge in [-0.3, -0.25) is 14.8 Å². The second-order valence-corrected chi connectivity index (χ2v) is 9.77. The van der Waals surface area contributed by atoms with Crippen LogP contribution in [0, 0.1) is 17.0 Å². The zero-order chi connectivity index (χ0) is 28.2. The number of anilines is 1. The van der Waals surface area contributed by atoms with E-state index in [1.807, 2.05) is 18.2 Å². The van der Waals surface area contributed by atoms with Crippen molar-refractivity contribution in [2.75, 3.05) is 24.5 Å². The number of fused-ring (bicyclic) bond motifs is 1. The molecule has 1 aromatic heterocycles. The number of carbonyl (C=O) groups is 2. The lowest BCUT2D eigenvalue weighted by atomic mass is 9.99. The van der Waals surface area contributed by atoms with Gasteiger partial charge in [0.2, 0.25) is 0 Å². The molecule has 1 fully saturated rings. The molecular weight excluding hydrogens is 516 g/mol. The molecule has 1 amide bonds. The number of para-hydroxylation sites is 1. The number of ether oxygens (including phenoxy) is 1. The average molecular weight is 546 g/mol. The fraction of sp³-hybridized carbons (Fsp3) is 0.300. The molecule has 0 unspecified atom stereocenters. The second-order valence-electron chi connectivity index (χ2n) is 9.77. The molecule has 1 N–H and O–H groups in total. The number of nitrogens with zero attached hydrogens (tertiary/aromatic N) is 4. The van der Waals surface area contributed by atoms with E-state index in [0.717, 1.165) is 18.5 Å². The van der Waals surface area contributed by atoms with Gasteiger partial charge in [0.15, 0.2) is 17.4 Å². The van der Waals surface area contributed by atoms with E-state index in [9.17, 15) is 14.0 Å². The normalized spacial score (nSPS) is 15.1. The monoisotopic (exact) mass is 545 g/mol. The van der Waals surface area contributed by atoms with Gasteiger partial charge in [0, 0.05) is 43.0 Å². The molecule has 10 heteroatoms. The van der Waals surface area contributed by atoms with Crippen molar-refractivity contribution in [3.63, 3.8) is 0 Å². The first-order valence-electron chi connectivity index (χ1n) is 13.2. The quantitative estimate of drug-likeness (QED) is 0.281. The number of benzene rings is 2. The number of piperidine rings is 1. The molecule has 206 valence electrons. The minimum absolute atomic E-state index is 0.0695. The first kappa shape index (κ1) is 27.1. The molecule has 0 bridgehead atoms. The van der Waals surface area contributed by atoms with Crippen LogP contribution in [0.2, 0.25) is 0 Å². The first-order valence-corrected chi connectivity index (χ1v) is 13.2. The fourth-order valence-electron chi connectivity index (χ4n) is 4.97. The summed E-state index contributed by atoms with van der Waals surface area (Å²) < 4.78 is 35.4. The Hall–Kier alpha value is -4.47.